The summed E-state index contributed by atoms with van der Waals surface area (Å²) in [5, 5.41) is 9.57. The average Bonchev–Trinajstić information content (AvgIpc) is 2.89. The fourth-order valence-electron chi connectivity index (χ4n) is 1.76. The smallest absolute Gasteiger partial charge is 0.320 e. The molecule has 0 aliphatic heterocycles. The quantitative estimate of drug-likeness (QED) is 0.859. The first-order valence-electron chi connectivity index (χ1n) is 6.73. The Kier molecular flexibility index (Phi) is 5.62. The number of nitrogens with one attached hydrogen (secondary N) is 2. The van der Waals surface area contributed by atoms with Crippen LogP contribution in [0.3, 0.4) is 0 Å². The summed E-state index contributed by atoms with van der Waals surface area (Å²) >= 11 is 1.83. The molecule has 0 bridgehead atoms. The van der Waals surface area contributed by atoms with E-state index in [1.165, 1.54) is 0 Å². The van der Waals surface area contributed by atoms with E-state index in [1.807, 2.05) is 37.0 Å². The number of nitrogens with zero attached hydrogens (tertiary/aromatic N) is 3. The molecule has 2 aromatic rings. The molecule has 0 atom stereocenters. The highest BCUT2D eigenvalue weighted by atomic mass is 32.2. The van der Waals surface area contributed by atoms with Crippen LogP contribution in [0.2, 0.25) is 0 Å². The van der Waals surface area contributed by atoms with E-state index in [0.717, 1.165) is 22.8 Å². The number of thioether (sulfide) groups is 1. The van der Waals surface area contributed by atoms with Gasteiger partial charge in [-0.3, -0.25) is 10.00 Å². The standard InChI is InChI=1S/C14H19N5OS/c1-3-21-10-11-4-6-15-13(8-11)18-14(20)16-9-12-5-7-17-19(12)2/h4-8H,3,9-10H2,1-2H3,(H2,15,16,18,20). The summed E-state index contributed by atoms with van der Waals surface area (Å²) in [5.74, 6) is 2.55. The van der Waals surface area contributed by atoms with Crippen molar-refractivity contribution in [3.05, 3.63) is 41.9 Å². The third kappa shape index (κ3) is 4.78. The lowest BCUT2D eigenvalue weighted by Gasteiger charge is -2.08. The van der Waals surface area contributed by atoms with Crippen LogP contribution in [0, 0.1) is 0 Å². The number of rotatable bonds is 6. The van der Waals surface area contributed by atoms with E-state index in [0.29, 0.717) is 12.4 Å². The average molecular weight is 305 g/mol. The van der Waals surface area contributed by atoms with Crippen molar-refractivity contribution in [2.45, 2.75) is 19.2 Å². The molecule has 2 rings (SSSR count). The molecule has 0 aliphatic rings. The van der Waals surface area contributed by atoms with Crippen molar-refractivity contribution in [2.24, 2.45) is 7.05 Å². The zero-order chi connectivity index (χ0) is 15.1. The molecule has 0 radical (unpaired) electrons. The number of urea groups is 1. The molecule has 2 N–H and O–H groups in total. The van der Waals surface area contributed by atoms with Gasteiger partial charge < -0.3 is 5.32 Å². The number of amides is 2. The highest BCUT2D eigenvalue weighted by molar-refractivity contribution is 7.98. The number of aromatic nitrogens is 3. The molecule has 2 aromatic heterocycles. The number of hydrogen-bond donors (Lipinski definition) is 2. The van der Waals surface area contributed by atoms with Gasteiger partial charge in [-0.25, -0.2) is 9.78 Å². The second-order valence-corrected chi connectivity index (χ2v) is 5.71. The molecule has 2 amide bonds. The summed E-state index contributed by atoms with van der Waals surface area (Å²) in [5.41, 5.74) is 2.09. The lowest BCUT2D eigenvalue weighted by Crippen LogP contribution is -2.29. The summed E-state index contributed by atoms with van der Waals surface area (Å²) in [6, 6.07) is 5.44. The zero-order valence-corrected chi connectivity index (χ0v) is 13.0. The van der Waals surface area contributed by atoms with Gasteiger partial charge in [0.25, 0.3) is 0 Å². The number of carbonyl (C=O) groups excluding carboxylic acids is 1. The lowest BCUT2D eigenvalue weighted by atomic mass is 10.3. The number of carbonyl (C=O) groups is 1. The normalized spacial score (nSPS) is 10.4. The van der Waals surface area contributed by atoms with Crippen molar-refractivity contribution >= 4 is 23.6 Å². The van der Waals surface area contributed by atoms with Crippen molar-refractivity contribution in [3.8, 4) is 0 Å². The Hall–Kier alpha value is -2.02. The molecule has 0 fully saturated rings. The number of hydrogen-bond acceptors (Lipinski definition) is 4. The Morgan fingerprint density at radius 1 is 1.38 bits per heavy atom. The van der Waals surface area contributed by atoms with Gasteiger partial charge in [-0.1, -0.05) is 6.92 Å². The molecule has 7 heteroatoms. The second kappa shape index (κ2) is 7.68. The van der Waals surface area contributed by atoms with Crippen LogP contribution in [-0.2, 0) is 19.3 Å². The number of aryl methyl sites for hydroxylation is 1. The molecule has 21 heavy (non-hydrogen) atoms. The third-order valence-corrected chi connectivity index (χ3v) is 3.84. The maximum Gasteiger partial charge on any atom is 0.320 e. The van der Waals surface area contributed by atoms with Gasteiger partial charge in [0.1, 0.15) is 5.82 Å². The van der Waals surface area contributed by atoms with Crippen LogP contribution in [0.5, 0.6) is 0 Å². The molecule has 0 spiro atoms. The highest BCUT2D eigenvalue weighted by Gasteiger charge is 2.05. The fraction of sp³-hybridized carbons (Fsp3) is 0.357. The van der Waals surface area contributed by atoms with Gasteiger partial charge in [-0.05, 0) is 29.5 Å². The topological polar surface area (TPSA) is 71.8 Å². The Balaban J connectivity index is 1.86. The third-order valence-electron chi connectivity index (χ3n) is 2.89. The van der Waals surface area contributed by atoms with Gasteiger partial charge in [-0.15, -0.1) is 0 Å². The molecule has 6 nitrogen and oxygen atoms in total. The summed E-state index contributed by atoms with van der Waals surface area (Å²) < 4.78 is 1.72. The van der Waals surface area contributed by atoms with E-state index >= 15 is 0 Å². The lowest BCUT2D eigenvalue weighted by molar-refractivity contribution is 0.251. The molecule has 0 aliphatic carbocycles. The first-order valence-corrected chi connectivity index (χ1v) is 7.89. The maximum atomic E-state index is 11.8. The van der Waals surface area contributed by atoms with Gasteiger partial charge in [0.15, 0.2) is 0 Å². The second-order valence-electron chi connectivity index (χ2n) is 4.44. The van der Waals surface area contributed by atoms with Crippen molar-refractivity contribution < 1.29 is 4.79 Å². The van der Waals surface area contributed by atoms with Crippen LogP contribution in [-0.4, -0.2) is 26.5 Å². The maximum absolute atomic E-state index is 11.8. The van der Waals surface area contributed by atoms with Gasteiger partial charge in [-0.2, -0.15) is 16.9 Å². The van der Waals surface area contributed by atoms with Crippen LogP contribution in [0.25, 0.3) is 0 Å². The minimum Gasteiger partial charge on any atom is -0.332 e. The first-order chi connectivity index (χ1) is 10.2. The molecule has 0 saturated heterocycles. The largest absolute Gasteiger partial charge is 0.332 e. The van der Waals surface area contributed by atoms with Gasteiger partial charge >= 0.3 is 6.03 Å². The van der Waals surface area contributed by atoms with Crippen LogP contribution >= 0.6 is 11.8 Å². The minimum absolute atomic E-state index is 0.274. The zero-order valence-electron chi connectivity index (χ0n) is 12.2. The molecule has 2 heterocycles. The number of pyridine rings is 1. The van der Waals surface area contributed by atoms with E-state index in [9.17, 15) is 4.79 Å². The first kappa shape index (κ1) is 15.4. The van der Waals surface area contributed by atoms with Crippen molar-refractivity contribution in [3.63, 3.8) is 0 Å². The van der Waals surface area contributed by atoms with E-state index in [4.69, 9.17) is 0 Å². The Labute approximate surface area is 128 Å². The summed E-state index contributed by atoms with van der Waals surface area (Å²) in [6.45, 7) is 2.55. The van der Waals surface area contributed by atoms with Crippen molar-refractivity contribution in [1.82, 2.24) is 20.1 Å². The summed E-state index contributed by atoms with van der Waals surface area (Å²) in [6.07, 6.45) is 3.41. The monoisotopic (exact) mass is 305 g/mol. The predicted octanol–water partition coefficient (Wildman–Crippen LogP) is 2.39. The molecule has 0 unspecified atom stereocenters. The molecule has 112 valence electrons. The Morgan fingerprint density at radius 3 is 2.95 bits per heavy atom. The highest BCUT2D eigenvalue weighted by Crippen LogP contribution is 2.14. The van der Waals surface area contributed by atoms with Crippen LogP contribution in [0.4, 0.5) is 10.6 Å². The fourth-order valence-corrected chi connectivity index (χ4v) is 2.38. The summed E-state index contributed by atoms with van der Waals surface area (Å²) in [7, 11) is 1.84. The van der Waals surface area contributed by atoms with Crippen molar-refractivity contribution in [1.29, 1.82) is 0 Å². The van der Waals surface area contributed by atoms with E-state index < -0.39 is 0 Å². The molecular formula is C14H19N5OS. The predicted molar refractivity (Wildman–Crippen MR) is 85.1 cm³/mol. The van der Waals surface area contributed by atoms with Crippen LogP contribution in [0.15, 0.2) is 30.6 Å². The molecule has 0 aromatic carbocycles. The number of anilines is 1. The Morgan fingerprint density at radius 2 is 2.24 bits per heavy atom. The van der Waals surface area contributed by atoms with Gasteiger partial charge in [0.05, 0.1) is 12.2 Å². The molecule has 0 saturated carbocycles. The molecular weight excluding hydrogens is 286 g/mol. The van der Waals surface area contributed by atoms with Crippen molar-refractivity contribution in [2.75, 3.05) is 11.1 Å². The van der Waals surface area contributed by atoms with Crippen LogP contribution < -0.4 is 10.6 Å². The SMILES string of the molecule is CCSCc1ccnc(NC(=O)NCc2ccnn2C)c1. The van der Waals surface area contributed by atoms with Gasteiger partial charge in [0.2, 0.25) is 0 Å². The van der Waals surface area contributed by atoms with Crippen LogP contribution in [0.1, 0.15) is 18.2 Å². The Bertz CT molecular complexity index is 599. The van der Waals surface area contributed by atoms with E-state index in [1.54, 1.807) is 17.1 Å². The van der Waals surface area contributed by atoms with Gasteiger partial charge in [0, 0.05) is 25.2 Å². The van der Waals surface area contributed by atoms with E-state index in [-0.39, 0.29) is 6.03 Å². The minimum atomic E-state index is -0.274. The summed E-state index contributed by atoms with van der Waals surface area (Å²) in [4.78, 5) is 16.0. The van der Waals surface area contributed by atoms with E-state index in [2.05, 4.69) is 27.6 Å².